The average molecular weight is 268 g/mol. The fraction of sp³-hybridized carbons (Fsp3) is 0.0769. The number of H-pyrrole nitrogens is 1. The molecule has 20 heavy (non-hydrogen) atoms. The lowest BCUT2D eigenvalue weighted by atomic mass is 10.3. The minimum atomic E-state index is -0.545. The van der Waals surface area contributed by atoms with Crippen molar-refractivity contribution in [2.45, 2.75) is 6.92 Å². The number of carbonyl (C=O) groups excluding carboxylic acids is 1. The van der Waals surface area contributed by atoms with Gasteiger partial charge in [-0.15, -0.1) is 0 Å². The summed E-state index contributed by atoms with van der Waals surface area (Å²) in [5, 5.41) is 3.03. The Kier molecular flexibility index (Phi) is 2.79. The van der Waals surface area contributed by atoms with Gasteiger partial charge in [-0.25, -0.2) is 15.0 Å². The molecule has 0 aliphatic heterocycles. The molecule has 4 N–H and O–H groups in total. The van der Waals surface area contributed by atoms with Gasteiger partial charge in [0.15, 0.2) is 11.5 Å². The third kappa shape index (κ3) is 2.16. The van der Waals surface area contributed by atoms with Crippen LogP contribution in [0, 0.1) is 6.92 Å². The molecule has 1 amide bonds. The molecule has 0 aromatic carbocycles. The smallest absolute Gasteiger partial charge is 0.252 e. The number of anilines is 2. The number of pyridine rings is 1. The van der Waals surface area contributed by atoms with Gasteiger partial charge in [-0.1, -0.05) is 6.07 Å². The van der Waals surface area contributed by atoms with Gasteiger partial charge in [-0.2, -0.15) is 0 Å². The molecule has 0 saturated carbocycles. The number of aromatic amines is 1. The van der Waals surface area contributed by atoms with Crippen LogP contribution in [0.15, 0.2) is 30.7 Å². The van der Waals surface area contributed by atoms with Crippen molar-refractivity contribution in [3.8, 4) is 0 Å². The highest BCUT2D eigenvalue weighted by atomic mass is 16.1. The number of nitrogens with one attached hydrogen (secondary N) is 2. The number of fused-ring (bicyclic) bond motifs is 1. The van der Waals surface area contributed by atoms with Crippen molar-refractivity contribution < 1.29 is 4.79 Å². The number of aromatic nitrogens is 4. The second-order valence-corrected chi connectivity index (χ2v) is 4.36. The summed E-state index contributed by atoms with van der Waals surface area (Å²) >= 11 is 0. The maximum Gasteiger partial charge on any atom is 0.252 e. The minimum Gasteiger partial charge on any atom is -0.365 e. The summed E-state index contributed by atoms with van der Waals surface area (Å²) in [7, 11) is 0. The number of rotatable bonds is 3. The summed E-state index contributed by atoms with van der Waals surface area (Å²) < 4.78 is 0. The highest BCUT2D eigenvalue weighted by molar-refractivity contribution is 6.03. The number of aryl methyl sites for hydroxylation is 1. The van der Waals surface area contributed by atoms with E-state index in [-0.39, 0.29) is 0 Å². The minimum absolute atomic E-state index is 0.313. The van der Waals surface area contributed by atoms with Gasteiger partial charge in [0.2, 0.25) is 0 Å². The zero-order chi connectivity index (χ0) is 14.1. The van der Waals surface area contributed by atoms with Crippen LogP contribution < -0.4 is 11.1 Å². The molecule has 3 heterocycles. The van der Waals surface area contributed by atoms with Crippen molar-refractivity contribution in [3.05, 3.63) is 41.9 Å². The Morgan fingerprint density at radius 2 is 2.10 bits per heavy atom. The molecule has 0 bridgehead atoms. The predicted molar refractivity (Wildman–Crippen MR) is 74.7 cm³/mol. The van der Waals surface area contributed by atoms with Gasteiger partial charge < -0.3 is 16.0 Å². The Bertz CT molecular complexity index is 777. The van der Waals surface area contributed by atoms with Crippen molar-refractivity contribution in [2.24, 2.45) is 5.73 Å². The molecular weight excluding hydrogens is 256 g/mol. The Morgan fingerprint density at radius 1 is 1.25 bits per heavy atom. The molecule has 0 spiro atoms. The molecule has 3 aromatic rings. The van der Waals surface area contributed by atoms with Gasteiger partial charge in [0.1, 0.15) is 11.3 Å². The summed E-state index contributed by atoms with van der Waals surface area (Å²) in [5.41, 5.74) is 7.62. The summed E-state index contributed by atoms with van der Waals surface area (Å²) in [6.45, 7) is 1.96. The first-order chi connectivity index (χ1) is 9.63. The van der Waals surface area contributed by atoms with E-state index in [0.29, 0.717) is 28.4 Å². The molecule has 0 atom stereocenters. The lowest BCUT2D eigenvalue weighted by Gasteiger charge is -2.04. The van der Waals surface area contributed by atoms with Gasteiger partial charge in [-0.3, -0.25) is 4.79 Å². The molecule has 0 aliphatic rings. The van der Waals surface area contributed by atoms with E-state index in [1.165, 1.54) is 6.20 Å². The van der Waals surface area contributed by atoms with Crippen LogP contribution in [0.5, 0.6) is 0 Å². The van der Waals surface area contributed by atoms with Crippen LogP contribution in [-0.4, -0.2) is 25.8 Å². The number of amides is 1. The van der Waals surface area contributed by atoms with Crippen molar-refractivity contribution in [2.75, 3.05) is 5.32 Å². The SMILES string of the molecule is Cc1ccc(Nc2cnc3[nH]cc(C(N)=O)c3n2)nc1. The first-order valence-electron chi connectivity index (χ1n) is 5.97. The monoisotopic (exact) mass is 268 g/mol. The zero-order valence-electron chi connectivity index (χ0n) is 10.7. The van der Waals surface area contributed by atoms with Gasteiger partial charge in [0.25, 0.3) is 5.91 Å². The van der Waals surface area contributed by atoms with Crippen LogP contribution in [0.2, 0.25) is 0 Å². The van der Waals surface area contributed by atoms with E-state index in [9.17, 15) is 4.79 Å². The molecule has 3 aromatic heterocycles. The molecule has 7 heteroatoms. The molecule has 0 saturated heterocycles. The number of carbonyl (C=O) groups is 1. The molecule has 0 radical (unpaired) electrons. The highest BCUT2D eigenvalue weighted by Crippen LogP contribution is 2.18. The number of nitrogens with zero attached hydrogens (tertiary/aromatic N) is 3. The molecule has 100 valence electrons. The van der Waals surface area contributed by atoms with E-state index < -0.39 is 5.91 Å². The van der Waals surface area contributed by atoms with E-state index >= 15 is 0 Å². The summed E-state index contributed by atoms with van der Waals surface area (Å²) in [4.78, 5) is 26.9. The molecule has 0 aliphatic carbocycles. The standard InChI is InChI=1S/C13H12N6O/c1-7-2-3-9(15-4-7)18-10-6-17-13-11(19-10)8(5-16-13)12(14)20/h2-6H,1H3,(H2,14,20)(H,16,17)(H,15,18,19). The Labute approximate surface area is 114 Å². The van der Waals surface area contributed by atoms with E-state index in [1.807, 2.05) is 19.1 Å². The van der Waals surface area contributed by atoms with E-state index in [0.717, 1.165) is 5.56 Å². The van der Waals surface area contributed by atoms with Crippen molar-refractivity contribution in [1.82, 2.24) is 19.9 Å². The van der Waals surface area contributed by atoms with Crippen LogP contribution >= 0.6 is 0 Å². The Balaban J connectivity index is 1.97. The Hall–Kier alpha value is -2.96. The molecule has 0 unspecified atom stereocenters. The maximum absolute atomic E-state index is 11.3. The van der Waals surface area contributed by atoms with Crippen LogP contribution in [0.25, 0.3) is 11.2 Å². The van der Waals surface area contributed by atoms with E-state index in [1.54, 1.807) is 12.4 Å². The maximum atomic E-state index is 11.3. The lowest BCUT2D eigenvalue weighted by molar-refractivity contribution is 0.100. The number of nitrogens with two attached hydrogens (primary N) is 1. The van der Waals surface area contributed by atoms with Crippen LogP contribution in [-0.2, 0) is 0 Å². The van der Waals surface area contributed by atoms with Crippen LogP contribution in [0.4, 0.5) is 11.6 Å². The summed E-state index contributed by atoms with van der Waals surface area (Å²) in [6.07, 6.45) is 4.81. The van der Waals surface area contributed by atoms with Gasteiger partial charge in [0, 0.05) is 12.4 Å². The topological polar surface area (TPSA) is 110 Å². The third-order valence-electron chi connectivity index (χ3n) is 2.81. The van der Waals surface area contributed by atoms with Crippen molar-refractivity contribution in [3.63, 3.8) is 0 Å². The molecule has 3 rings (SSSR count). The largest absolute Gasteiger partial charge is 0.365 e. The number of primary amides is 1. The van der Waals surface area contributed by atoms with Crippen LogP contribution in [0.3, 0.4) is 0 Å². The first-order valence-corrected chi connectivity index (χ1v) is 5.97. The third-order valence-corrected chi connectivity index (χ3v) is 2.81. The number of hydrogen-bond donors (Lipinski definition) is 3. The van der Waals surface area contributed by atoms with E-state index in [2.05, 4.69) is 25.3 Å². The predicted octanol–water partition coefficient (Wildman–Crippen LogP) is 1.50. The number of hydrogen-bond acceptors (Lipinski definition) is 5. The fourth-order valence-electron chi connectivity index (χ4n) is 1.81. The fourth-order valence-corrected chi connectivity index (χ4v) is 1.81. The van der Waals surface area contributed by atoms with Gasteiger partial charge in [0.05, 0.1) is 11.8 Å². The van der Waals surface area contributed by atoms with Gasteiger partial charge >= 0.3 is 0 Å². The molecule has 7 nitrogen and oxygen atoms in total. The normalized spacial score (nSPS) is 10.7. The first kappa shape index (κ1) is 12.1. The van der Waals surface area contributed by atoms with Crippen molar-refractivity contribution >= 4 is 28.7 Å². The summed E-state index contributed by atoms with van der Waals surface area (Å²) in [5.74, 6) is 0.604. The van der Waals surface area contributed by atoms with Gasteiger partial charge in [-0.05, 0) is 18.6 Å². The van der Waals surface area contributed by atoms with Crippen LogP contribution in [0.1, 0.15) is 15.9 Å². The summed E-state index contributed by atoms with van der Waals surface area (Å²) in [6, 6.07) is 3.78. The highest BCUT2D eigenvalue weighted by Gasteiger charge is 2.12. The van der Waals surface area contributed by atoms with Crippen molar-refractivity contribution in [1.29, 1.82) is 0 Å². The lowest BCUT2D eigenvalue weighted by Crippen LogP contribution is -2.10. The Morgan fingerprint density at radius 3 is 2.80 bits per heavy atom. The zero-order valence-corrected chi connectivity index (χ0v) is 10.7. The second kappa shape index (κ2) is 4.61. The molecular formula is C13H12N6O. The van der Waals surface area contributed by atoms with E-state index in [4.69, 9.17) is 5.73 Å². The molecule has 0 fully saturated rings. The second-order valence-electron chi connectivity index (χ2n) is 4.36. The average Bonchev–Trinajstić information content (AvgIpc) is 2.84. The quantitative estimate of drug-likeness (QED) is 0.667.